The number of hydrogen-bond donors (Lipinski definition) is 2. The number of hydrogen-bond acceptors (Lipinski definition) is 5. The average Bonchev–Trinajstić information content (AvgIpc) is 2.57. The second-order valence-corrected chi connectivity index (χ2v) is 2.90. The fraction of sp³-hybridized carbons (Fsp3) is 0.500. The predicted octanol–water partition coefficient (Wildman–Crippen LogP) is 0.306. The van der Waals surface area contributed by atoms with Crippen LogP contribution in [0.5, 0.6) is 0 Å². The molecule has 1 aromatic rings. The van der Waals surface area contributed by atoms with Gasteiger partial charge in [0.05, 0.1) is 6.61 Å². The Morgan fingerprint density at radius 2 is 2.62 bits per heavy atom. The van der Waals surface area contributed by atoms with Crippen molar-refractivity contribution in [3.8, 4) is 0 Å². The molecule has 6 nitrogen and oxygen atoms in total. The second-order valence-electron chi connectivity index (χ2n) is 2.12. The zero-order valence-corrected chi connectivity index (χ0v) is 7.93. The van der Waals surface area contributed by atoms with Gasteiger partial charge >= 0.3 is 6.03 Å². The molecule has 0 spiro atoms. The van der Waals surface area contributed by atoms with E-state index in [0.717, 1.165) is 11.5 Å². The molecule has 0 atom stereocenters. The quantitative estimate of drug-likeness (QED) is 0.689. The summed E-state index contributed by atoms with van der Waals surface area (Å²) in [5, 5.41) is 5.59. The van der Waals surface area contributed by atoms with E-state index in [4.69, 9.17) is 4.74 Å². The van der Waals surface area contributed by atoms with Gasteiger partial charge in [0, 0.05) is 25.2 Å². The van der Waals surface area contributed by atoms with Crippen molar-refractivity contribution in [2.45, 2.75) is 0 Å². The minimum Gasteiger partial charge on any atom is -0.383 e. The van der Waals surface area contributed by atoms with E-state index in [1.165, 1.54) is 6.33 Å². The number of rotatable bonds is 4. The molecular weight excluding hydrogens is 192 g/mol. The first-order valence-electron chi connectivity index (χ1n) is 3.63. The van der Waals surface area contributed by atoms with E-state index in [0.29, 0.717) is 18.3 Å². The highest BCUT2D eigenvalue weighted by atomic mass is 32.1. The summed E-state index contributed by atoms with van der Waals surface area (Å²) in [6, 6.07) is -0.297. The van der Waals surface area contributed by atoms with Crippen LogP contribution in [0.4, 0.5) is 9.93 Å². The van der Waals surface area contributed by atoms with E-state index in [9.17, 15) is 4.79 Å². The fourth-order valence-corrected chi connectivity index (χ4v) is 1.06. The van der Waals surface area contributed by atoms with Crippen LogP contribution >= 0.6 is 11.5 Å². The lowest BCUT2D eigenvalue weighted by atomic mass is 10.7. The Morgan fingerprint density at radius 1 is 1.77 bits per heavy atom. The van der Waals surface area contributed by atoms with E-state index in [1.54, 1.807) is 7.11 Å². The van der Waals surface area contributed by atoms with Crippen molar-refractivity contribution in [2.24, 2.45) is 0 Å². The van der Waals surface area contributed by atoms with Gasteiger partial charge in [-0.3, -0.25) is 5.32 Å². The molecular formula is C6H10N4O2S. The maximum Gasteiger partial charge on any atom is 0.321 e. The zero-order valence-electron chi connectivity index (χ0n) is 7.11. The number of methoxy groups -OCH3 is 1. The molecule has 0 bridgehead atoms. The Labute approximate surface area is 79.5 Å². The van der Waals surface area contributed by atoms with Crippen molar-refractivity contribution < 1.29 is 9.53 Å². The highest BCUT2D eigenvalue weighted by Gasteiger charge is 2.01. The topological polar surface area (TPSA) is 76.1 Å². The predicted molar refractivity (Wildman–Crippen MR) is 48.8 cm³/mol. The van der Waals surface area contributed by atoms with Crippen LogP contribution in [0.3, 0.4) is 0 Å². The minimum atomic E-state index is -0.297. The van der Waals surface area contributed by atoms with E-state index in [1.807, 2.05) is 0 Å². The van der Waals surface area contributed by atoms with Gasteiger partial charge in [-0.05, 0) is 0 Å². The third-order valence-corrected chi connectivity index (χ3v) is 1.75. The number of carbonyl (C=O) groups excluding carboxylic acids is 1. The van der Waals surface area contributed by atoms with Crippen molar-refractivity contribution in [1.82, 2.24) is 14.7 Å². The number of nitrogens with one attached hydrogen (secondary N) is 2. The summed E-state index contributed by atoms with van der Waals surface area (Å²) >= 11 is 1.13. The van der Waals surface area contributed by atoms with Crippen LogP contribution in [0.25, 0.3) is 0 Å². The Hall–Kier alpha value is -1.21. The van der Waals surface area contributed by atoms with Crippen molar-refractivity contribution in [3.05, 3.63) is 6.33 Å². The van der Waals surface area contributed by atoms with Crippen LogP contribution in [-0.4, -0.2) is 35.7 Å². The molecule has 1 aromatic heterocycles. The molecule has 2 N–H and O–H groups in total. The molecule has 72 valence electrons. The number of nitrogens with zero attached hydrogens (tertiary/aromatic N) is 2. The van der Waals surface area contributed by atoms with Crippen molar-refractivity contribution in [3.63, 3.8) is 0 Å². The number of urea groups is 1. The molecule has 7 heteroatoms. The van der Waals surface area contributed by atoms with E-state index in [-0.39, 0.29) is 6.03 Å². The first-order chi connectivity index (χ1) is 6.33. The molecule has 0 aliphatic carbocycles. The highest BCUT2D eigenvalue weighted by Crippen LogP contribution is 2.05. The molecule has 0 saturated heterocycles. The first kappa shape index (κ1) is 9.87. The summed E-state index contributed by atoms with van der Waals surface area (Å²) in [4.78, 5) is 14.8. The smallest absolute Gasteiger partial charge is 0.321 e. The van der Waals surface area contributed by atoms with E-state index in [2.05, 4.69) is 20.0 Å². The van der Waals surface area contributed by atoms with Gasteiger partial charge in [-0.1, -0.05) is 0 Å². The molecule has 1 rings (SSSR count). The van der Waals surface area contributed by atoms with Crippen LogP contribution in [0.15, 0.2) is 6.33 Å². The van der Waals surface area contributed by atoms with Gasteiger partial charge in [0.25, 0.3) is 0 Å². The van der Waals surface area contributed by atoms with E-state index < -0.39 is 0 Å². The molecule has 0 unspecified atom stereocenters. The van der Waals surface area contributed by atoms with Gasteiger partial charge in [-0.15, -0.1) is 0 Å². The van der Waals surface area contributed by atoms with Crippen LogP contribution in [-0.2, 0) is 4.74 Å². The number of anilines is 1. The third kappa shape index (κ3) is 3.81. The number of ether oxygens (including phenoxy) is 1. The molecule has 0 aliphatic rings. The Morgan fingerprint density at radius 3 is 3.23 bits per heavy atom. The van der Waals surface area contributed by atoms with Crippen LogP contribution in [0.1, 0.15) is 0 Å². The third-order valence-electron chi connectivity index (χ3n) is 1.17. The van der Waals surface area contributed by atoms with Gasteiger partial charge in [-0.2, -0.15) is 4.37 Å². The highest BCUT2D eigenvalue weighted by molar-refractivity contribution is 7.09. The molecule has 2 amide bonds. The molecule has 1 heterocycles. The van der Waals surface area contributed by atoms with Crippen LogP contribution in [0.2, 0.25) is 0 Å². The Kier molecular flexibility index (Phi) is 4.13. The standard InChI is InChI=1S/C6H10N4O2S/c1-12-3-2-7-5(11)10-6-8-4-9-13-6/h4H,2-3H2,1H3,(H2,7,8,9,10,11). The number of carbonyl (C=O) groups is 1. The fourth-order valence-electron chi connectivity index (χ4n) is 0.636. The lowest BCUT2D eigenvalue weighted by molar-refractivity contribution is 0.198. The molecule has 0 fully saturated rings. The second kappa shape index (κ2) is 5.44. The molecule has 0 aliphatic heterocycles. The Bertz CT molecular complexity index is 251. The van der Waals surface area contributed by atoms with Gasteiger partial charge in [-0.25, -0.2) is 9.78 Å². The maximum atomic E-state index is 11.0. The lowest BCUT2D eigenvalue weighted by Gasteiger charge is -2.03. The summed E-state index contributed by atoms with van der Waals surface area (Å²) in [5.41, 5.74) is 0. The van der Waals surface area contributed by atoms with Crippen LogP contribution in [0, 0.1) is 0 Å². The van der Waals surface area contributed by atoms with Crippen molar-refractivity contribution >= 4 is 22.7 Å². The average molecular weight is 202 g/mol. The van der Waals surface area contributed by atoms with E-state index >= 15 is 0 Å². The first-order valence-corrected chi connectivity index (χ1v) is 4.40. The minimum absolute atomic E-state index is 0.297. The van der Waals surface area contributed by atoms with Gasteiger partial charge < -0.3 is 10.1 Å². The van der Waals surface area contributed by atoms with Gasteiger partial charge in [0.1, 0.15) is 6.33 Å². The normalized spacial score (nSPS) is 9.62. The Balaban J connectivity index is 2.18. The molecule has 0 aromatic carbocycles. The van der Waals surface area contributed by atoms with Crippen LogP contribution < -0.4 is 10.6 Å². The maximum absolute atomic E-state index is 11.0. The summed E-state index contributed by atoms with van der Waals surface area (Å²) in [6.07, 6.45) is 1.38. The summed E-state index contributed by atoms with van der Waals surface area (Å²) < 4.78 is 8.49. The lowest BCUT2D eigenvalue weighted by Crippen LogP contribution is -2.31. The number of aromatic nitrogens is 2. The number of amides is 2. The van der Waals surface area contributed by atoms with Gasteiger partial charge in [0.2, 0.25) is 5.13 Å². The SMILES string of the molecule is COCCNC(=O)Nc1ncns1. The molecule has 0 radical (unpaired) electrons. The largest absolute Gasteiger partial charge is 0.383 e. The zero-order chi connectivity index (χ0) is 9.52. The van der Waals surface area contributed by atoms with Crippen molar-refractivity contribution in [2.75, 3.05) is 25.6 Å². The molecule has 13 heavy (non-hydrogen) atoms. The monoisotopic (exact) mass is 202 g/mol. The van der Waals surface area contributed by atoms with Gasteiger partial charge in [0.15, 0.2) is 0 Å². The van der Waals surface area contributed by atoms with Crippen molar-refractivity contribution in [1.29, 1.82) is 0 Å². The summed E-state index contributed by atoms with van der Waals surface area (Å²) in [5.74, 6) is 0. The summed E-state index contributed by atoms with van der Waals surface area (Å²) in [7, 11) is 1.57. The molecule has 0 saturated carbocycles. The summed E-state index contributed by atoms with van der Waals surface area (Å²) in [6.45, 7) is 0.963.